The van der Waals surface area contributed by atoms with Crippen LogP contribution >= 0.6 is 11.3 Å². The maximum absolute atomic E-state index is 13.3. The summed E-state index contributed by atoms with van der Waals surface area (Å²) in [6, 6.07) is 18.3. The minimum atomic E-state index is -0.0187. The van der Waals surface area contributed by atoms with Crippen LogP contribution in [0.1, 0.15) is 29.4 Å². The zero-order valence-electron chi connectivity index (χ0n) is 16.9. The van der Waals surface area contributed by atoms with Crippen molar-refractivity contribution in [2.75, 3.05) is 4.90 Å². The summed E-state index contributed by atoms with van der Waals surface area (Å²) >= 11 is 1.57. The van der Waals surface area contributed by atoms with Gasteiger partial charge in [0, 0.05) is 5.69 Å². The smallest absolute Gasteiger partial charge is 0.250 e. The van der Waals surface area contributed by atoms with Crippen molar-refractivity contribution in [3.8, 4) is 0 Å². The molecule has 0 aliphatic carbocycles. The van der Waals surface area contributed by atoms with Crippen LogP contribution in [0.25, 0.3) is 10.2 Å². The second kappa shape index (κ2) is 8.17. The van der Waals surface area contributed by atoms with Gasteiger partial charge < -0.3 is 0 Å². The Morgan fingerprint density at radius 1 is 1.07 bits per heavy atom. The first-order valence-electron chi connectivity index (χ1n) is 9.78. The van der Waals surface area contributed by atoms with Gasteiger partial charge in [-0.25, -0.2) is 4.98 Å². The molecule has 2 aromatic carbocycles. The number of hydrogen-bond donors (Lipinski definition) is 0. The van der Waals surface area contributed by atoms with Gasteiger partial charge in [0.15, 0.2) is 5.13 Å². The number of nitrogens with zero attached hydrogens (tertiary/aromatic N) is 4. The van der Waals surface area contributed by atoms with Crippen molar-refractivity contribution in [1.82, 2.24) is 14.8 Å². The average Bonchev–Trinajstić information content (AvgIpc) is 3.28. The van der Waals surface area contributed by atoms with Crippen LogP contribution in [0.5, 0.6) is 0 Å². The van der Waals surface area contributed by atoms with Crippen LogP contribution in [0, 0.1) is 13.8 Å². The number of aryl methyl sites for hydroxylation is 3. The van der Waals surface area contributed by atoms with Crippen LogP contribution in [0.15, 0.2) is 54.6 Å². The molecule has 0 N–H and O–H groups in total. The summed E-state index contributed by atoms with van der Waals surface area (Å²) < 4.78 is 2.87. The molecule has 5 nitrogen and oxygen atoms in total. The van der Waals surface area contributed by atoms with E-state index in [1.807, 2.05) is 56.3 Å². The lowest BCUT2D eigenvalue weighted by Crippen LogP contribution is -2.34. The molecular formula is C23H24N4OS. The Kier molecular flexibility index (Phi) is 5.45. The molecule has 0 aliphatic heterocycles. The minimum absolute atomic E-state index is 0.0187. The normalized spacial score (nSPS) is 11.1. The van der Waals surface area contributed by atoms with Gasteiger partial charge in [-0.1, -0.05) is 54.7 Å². The molecule has 0 bridgehead atoms. The lowest BCUT2D eigenvalue weighted by atomic mass is 10.2. The van der Waals surface area contributed by atoms with Crippen molar-refractivity contribution in [2.24, 2.45) is 0 Å². The Balaban J connectivity index is 1.69. The third kappa shape index (κ3) is 4.22. The number of carbonyl (C=O) groups excluding carboxylic acids is 1. The first-order chi connectivity index (χ1) is 14.0. The number of amides is 1. The van der Waals surface area contributed by atoms with E-state index in [-0.39, 0.29) is 12.5 Å². The summed E-state index contributed by atoms with van der Waals surface area (Å²) in [7, 11) is 0. The molecule has 0 radical (unpaired) electrons. The lowest BCUT2D eigenvalue weighted by Gasteiger charge is -2.20. The predicted molar refractivity (Wildman–Crippen MR) is 118 cm³/mol. The molecule has 29 heavy (non-hydrogen) atoms. The molecule has 4 rings (SSSR count). The second-order valence-corrected chi connectivity index (χ2v) is 8.21. The molecule has 0 aliphatic rings. The van der Waals surface area contributed by atoms with Crippen LogP contribution < -0.4 is 4.90 Å². The van der Waals surface area contributed by atoms with Crippen LogP contribution in [-0.2, 0) is 24.3 Å². The zero-order valence-corrected chi connectivity index (χ0v) is 17.7. The van der Waals surface area contributed by atoms with Gasteiger partial charge in [-0.05, 0) is 49.6 Å². The van der Waals surface area contributed by atoms with E-state index in [1.165, 1.54) is 5.56 Å². The number of benzene rings is 2. The highest BCUT2D eigenvalue weighted by Crippen LogP contribution is 2.31. The molecule has 0 unspecified atom stereocenters. The van der Waals surface area contributed by atoms with Gasteiger partial charge in [0.1, 0.15) is 6.54 Å². The Morgan fingerprint density at radius 3 is 2.55 bits per heavy atom. The number of carbonyl (C=O) groups is 1. The van der Waals surface area contributed by atoms with E-state index in [9.17, 15) is 4.79 Å². The highest BCUT2D eigenvalue weighted by Gasteiger charge is 2.21. The maximum Gasteiger partial charge on any atom is 0.250 e. The number of rotatable bonds is 6. The highest BCUT2D eigenvalue weighted by atomic mass is 32.1. The molecule has 0 saturated heterocycles. The standard InChI is InChI=1S/C23H24N4OS/c1-4-18-10-11-20-21(13-18)29-23(24-20)26(14-19-8-6-5-7-9-19)22(28)15-27-17(3)12-16(2)25-27/h5-13H,4,14-15H2,1-3H3. The fraction of sp³-hybridized carbons (Fsp3) is 0.261. The summed E-state index contributed by atoms with van der Waals surface area (Å²) in [5.41, 5.74) is 5.17. The molecule has 0 atom stereocenters. The Hall–Kier alpha value is -2.99. The molecule has 4 aromatic rings. The molecule has 2 heterocycles. The summed E-state index contributed by atoms with van der Waals surface area (Å²) in [4.78, 5) is 19.9. The largest absolute Gasteiger partial charge is 0.282 e. The van der Waals surface area contributed by atoms with E-state index in [0.717, 1.165) is 38.7 Å². The number of thiazole rings is 1. The van der Waals surface area contributed by atoms with Gasteiger partial charge in [-0.15, -0.1) is 0 Å². The van der Waals surface area contributed by atoms with Crippen LogP contribution in [0.2, 0.25) is 0 Å². The van der Waals surface area contributed by atoms with E-state index in [0.29, 0.717) is 6.54 Å². The van der Waals surface area contributed by atoms with E-state index in [1.54, 1.807) is 20.9 Å². The number of aromatic nitrogens is 3. The second-order valence-electron chi connectivity index (χ2n) is 7.20. The third-order valence-electron chi connectivity index (χ3n) is 4.95. The molecule has 6 heteroatoms. The Bertz CT molecular complexity index is 1150. The van der Waals surface area contributed by atoms with E-state index in [2.05, 4.69) is 24.2 Å². The summed E-state index contributed by atoms with van der Waals surface area (Å²) in [5, 5.41) is 5.18. The summed E-state index contributed by atoms with van der Waals surface area (Å²) in [6.45, 7) is 6.73. The SMILES string of the molecule is CCc1ccc2nc(N(Cc3ccccc3)C(=O)Cn3nc(C)cc3C)sc2c1. The molecule has 0 saturated carbocycles. The van der Waals surface area contributed by atoms with E-state index in [4.69, 9.17) is 4.98 Å². The Morgan fingerprint density at radius 2 is 1.86 bits per heavy atom. The quantitative estimate of drug-likeness (QED) is 0.459. The molecule has 0 spiro atoms. The van der Waals surface area contributed by atoms with Gasteiger partial charge in [-0.2, -0.15) is 5.10 Å². The molecular weight excluding hydrogens is 380 g/mol. The highest BCUT2D eigenvalue weighted by molar-refractivity contribution is 7.22. The van der Waals surface area contributed by atoms with Crippen molar-refractivity contribution in [3.05, 3.63) is 77.1 Å². The lowest BCUT2D eigenvalue weighted by molar-refractivity contribution is -0.119. The molecule has 2 aromatic heterocycles. The number of anilines is 1. The summed E-state index contributed by atoms with van der Waals surface area (Å²) in [5.74, 6) is -0.0187. The monoisotopic (exact) mass is 404 g/mol. The van der Waals surface area contributed by atoms with Crippen molar-refractivity contribution >= 4 is 32.6 Å². The van der Waals surface area contributed by atoms with Gasteiger partial charge in [0.05, 0.1) is 22.5 Å². The molecule has 1 amide bonds. The first-order valence-corrected chi connectivity index (χ1v) is 10.6. The van der Waals surface area contributed by atoms with Gasteiger partial charge in [0.2, 0.25) is 0 Å². The van der Waals surface area contributed by atoms with Crippen molar-refractivity contribution in [3.63, 3.8) is 0 Å². The van der Waals surface area contributed by atoms with Crippen LogP contribution in [0.3, 0.4) is 0 Å². The van der Waals surface area contributed by atoms with Gasteiger partial charge in [-0.3, -0.25) is 14.4 Å². The zero-order chi connectivity index (χ0) is 20.4. The van der Waals surface area contributed by atoms with E-state index >= 15 is 0 Å². The fourth-order valence-electron chi connectivity index (χ4n) is 3.37. The average molecular weight is 405 g/mol. The van der Waals surface area contributed by atoms with Crippen molar-refractivity contribution < 1.29 is 4.79 Å². The summed E-state index contributed by atoms with van der Waals surface area (Å²) in [6.07, 6.45) is 0.980. The minimum Gasteiger partial charge on any atom is -0.282 e. The fourth-order valence-corrected chi connectivity index (χ4v) is 4.41. The topological polar surface area (TPSA) is 51.0 Å². The van der Waals surface area contributed by atoms with Crippen molar-refractivity contribution in [1.29, 1.82) is 0 Å². The number of hydrogen-bond acceptors (Lipinski definition) is 4. The first kappa shape index (κ1) is 19.3. The number of fused-ring (bicyclic) bond motifs is 1. The molecule has 0 fully saturated rings. The third-order valence-corrected chi connectivity index (χ3v) is 5.99. The Labute approximate surface area is 174 Å². The van der Waals surface area contributed by atoms with Crippen LogP contribution in [0.4, 0.5) is 5.13 Å². The van der Waals surface area contributed by atoms with Gasteiger partial charge in [0.25, 0.3) is 5.91 Å². The predicted octanol–water partition coefficient (Wildman–Crippen LogP) is 4.91. The van der Waals surface area contributed by atoms with Crippen LogP contribution in [-0.4, -0.2) is 20.7 Å². The molecule has 148 valence electrons. The maximum atomic E-state index is 13.3. The van der Waals surface area contributed by atoms with E-state index < -0.39 is 0 Å². The van der Waals surface area contributed by atoms with Gasteiger partial charge >= 0.3 is 0 Å². The van der Waals surface area contributed by atoms with Crippen molar-refractivity contribution in [2.45, 2.75) is 40.3 Å².